The molecule has 2 heterocycles. The summed E-state index contributed by atoms with van der Waals surface area (Å²) in [5, 5.41) is 0. The van der Waals surface area contributed by atoms with Crippen LogP contribution in [0.25, 0.3) is 11.0 Å². The highest BCUT2D eigenvalue weighted by molar-refractivity contribution is 5.76. The number of para-hydroxylation sites is 1. The van der Waals surface area contributed by atoms with Crippen molar-refractivity contribution in [2.75, 3.05) is 0 Å². The Morgan fingerprint density at radius 3 is 3.20 bits per heavy atom. The largest absolute Gasteiger partial charge is 0.327 e. The Hall–Kier alpha value is -1.42. The van der Waals surface area contributed by atoms with Crippen LogP contribution >= 0.6 is 0 Å². The predicted octanol–water partition coefficient (Wildman–Crippen LogP) is 1.45. The second-order valence-corrected chi connectivity index (χ2v) is 4.04. The van der Waals surface area contributed by atoms with Gasteiger partial charge in [0.1, 0.15) is 17.2 Å². The van der Waals surface area contributed by atoms with Crippen molar-refractivity contribution in [1.82, 2.24) is 9.55 Å². The first-order valence-corrected chi connectivity index (χ1v) is 5.15. The van der Waals surface area contributed by atoms with Gasteiger partial charge in [-0.25, -0.2) is 9.37 Å². The Kier molecular flexibility index (Phi) is 1.79. The van der Waals surface area contributed by atoms with Gasteiger partial charge in [0.2, 0.25) is 0 Å². The fourth-order valence-corrected chi connectivity index (χ4v) is 2.22. The average Bonchev–Trinajstić information content (AvgIpc) is 2.56. The van der Waals surface area contributed by atoms with Crippen molar-refractivity contribution < 1.29 is 4.39 Å². The van der Waals surface area contributed by atoms with Crippen molar-refractivity contribution >= 4 is 11.0 Å². The van der Waals surface area contributed by atoms with Crippen molar-refractivity contribution in [2.45, 2.75) is 25.4 Å². The van der Waals surface area contributed by atoms with Crippen molar-refractivity contribution in [3.05, 3.63) is 29.8 Å². The zero-order valence-electron chi connectivity index (χ0n) is 8.28. The van der Waals surface area contributed by atoms with Crippen LogP contribution in [0.15, 0.2) is 18.2 Å². The number of aromatic nitrogens is 2. The number of fused-ring (bicyclic) bond motifs is 3. The molecule has 2 aromatic rings. The molecule has 78 valence electrons. The minimum atomic E-state index is -0.193. The van der Waals surface area contributed by atoms with Gasteiger partial charge in [-0.2, -0.15) is 0 Å². The van der Waals surface area contributed by atoms with E-state index < -0.39 is 0 Å². The van der Waals surface area contributed by atoms with Crippen molar-refractivity contribution in [3.63, 3.8) is 0 Å². The lowest BCUT2D eigenvalue weighted by Crippen LogP contribution is -2.30. The molecule has 1 atom stereocenters. The molecule has 0 amide bonds. The Bertz CT molecular complexity index is 518. The number of halogens is 1. The lowest BCUT2D eigenvalue weighted by molar-refractivity contribution is 0.467. The number of benzene rings is 1. The second kappa shape index (κ2) is 3.03. The zero-order valence-corrected chi connectivity index (χ0v) is 8.28. The number of hydrogen-bond donors (Lipinski definition) is 1. The van der Waals surface area contributed by atoms with E-state index in [1.54, 1.807) is 6.07 Å². The van der Waals surface area contributed by atoms with Gasteiger partial charge in [-0.3, -0.25) is 0 Å². The van der Waals surface area contributed by atoms with Crippen LogP contribution in [0.2, 0.25) is 0 Å². The minimum absolute atomic E-state index is 0.164. The summed E-state index contributed by atoms with van der Waals surface area (Å²) in [6.07, 6.45) is 1.64. The first kappa shape index (κ1) is 8.85. The molecule has 1 aromatic heterocycles. The third kappa shape index (κ3) is 1.25. The maximum atomic E-state index is 13.6. The SMILES string of the molecule is NC1CCn2c(nc3cccc(F)c32)C1. The smallest absolute Gasteiger partial charge is 0.149 e. The van der Waals surface area contributed by atoms with E-state index in [9.17, 15) is 4.39 Å². The summed E-state index contributed by atoms with van der Waals surface area (Å²) in [6, 6.07) is 5.18. The normalized spacial score (nSPS) is 20.5. The molecule has 1 unspecified atom stereocenters. The highest BCUT2D eigenvalue weighted by Gasteiger charge is 2.20. The maximum absolute atomic E-state index is 13.6. The standard InChI is InChI=1S/C11H12FN3/c12-8-2-1-3-9-11(8)15-5-4-7(13)6-10(15)14-9/h1-3,7H,4-6,13H2. The molecule has 0 fully saturated rings. The van der Waals surface area contributed by atoms with Crippen LogP contribution in [-0.4, -0.2) is 15.6 Å². The number of nitrogens with two attached hydrogens (primary N) is 1. The molecule has 15 heavy (non-hydrogen) atoms. The lowest BCUT2D eigenvalue weighted by Gasteiger charge is -2.20. The molecule has 0 saturated heterocycles. The van der Waals surface area contributed by atoms with Gasteiger partial charge >= 0.3 is 0 Å². The minimum Gasteiger partial charge on any atom is -0.327 e. The van der Waals surface area contributed by atoms with E-state index in [1.807, 2.05) is 10.6 Å². The molecule has 4 heteroatoms. The molecular weight excluding hydrogens is 193 g/mol. The van der Waals surface area contributed by atoms with Gasteiger partial charge in [-0.05, 0) is 18.6 Å². The summed E-state index contributed by atoms with van der Waals surface area (Å²) >= 11 is 0. The number of imidazole rings is 1. The average molecular weight is 205 g/mol. The van der Waals surface area contributed by atoms with E-state index in [2.05, 4.69) is 4.98 Å². The first-order valence-electron chi connectivity index (χ1n) is 5.15. The second-order valence-electron chi connectivity index (χ2n) is 4.04. The topological polar surface area (TPSA) is 43.8 Å². The van der Waals surface area contributed by atoms with Crippen molar-refractivity contribution in [2.24, 2.45) is 5.73 Å². The summed E-state index contributed by atoms with van der Waals surface area (Å²) in [4.78, 5) is 4.41. The van der Waals surface area contributed by atoms with Crippen LogP contribution in [-0.2, 0) is 13.0 Å². The number of hydrogen-bond acceptors (Lipinski definition) is 2. The highest BCUT2D eigenvalue weighted by Crippen LogP contribution is 2.23. The molecule has 1 aromatic carbocycles. The first-order chi connectivity index (χ1) is 7.25. The van der Waals surface area contributed by atoms with E-state index in [-0.39, 0.29) is 11.9 Å². The monoisotopic (exact) mass is 205 g/mol. The summed E-state index contributed by atoms with van der Waals surface area (Å²) in [5.41, 5.74) is 7.22. The van der Waals surface area contributed by atoms with Gasteiger partial charge in [-0.1, -0.05) is 6.07 Å². The molecular formula is C11H12FN3. The molecule has 2 N–H and O–H groups in total. The molecule has 3 nitrogen and oxygen atoms in total. The fraction of sp³-hybridized carbons (Fsp3) is 0.364. The van der Waals surface area contributed by atoms with E-state index in [0.29, 0.717) is 5.52 Å². The zero-order chi connectivity index (χ0) is 10.4. The Morgan fingerprint density at radius 2 is 2.33 bits per heavy atom. The summed E-state index contributed by atoms with van der Waals surface area (Å²) in [7, 11) is 0. The summed E-state index contributed by atoms with van der Waals surface area (Å²) in [5.74, 6) is 0.718. The van der Waals surface area contributed by atoms with Crippen molar-refractivity contribution in [3.8, 4) is 0 Å². The number of nitrogens with zero attached hydrogens (tertiary/aromatic N) is 2. The van der Waals surface area contributed by atoms with Gasteiger partial charge in [0.25, 0.3) is 0 Å². The van der Waals surface area contributed by atoms with E-state index in [1.165, 1.54) is 6.07 Å². The summed E-state index contributed by atoms with van der Waals surface area (Å²) in [6.45, 7) is 0.772. The Morgan fingerprint density at radius 1 is 1.47 bits per heavy atom. The van der Waals surface area contributed by atoms with Gasteiger partial charge in [0.15, 0.2) is 0 Å². The summed E-state index contributed by atoms with van der Waals surface area (Å²) < 4.78 is 15.6. The van der Waals surface area contributed by atoms with Crippen LogP contribution in [0, 0.1) is 5.82 Å². The van der Waals surface area contributed by atoms with Gasteiger partial charge in [0, 0.05) is 19.0 Å². The maximum Gasteiger partial charge on any atom is 0.149 e. The highest BCUT2D eigenvalue weighted by atomic mass is 19.1. The van der Waals surface area contributed by atoms with Crippen LogP contribution in [0.3, 0.4) is 0 Å². The quantitative estimate of drug-likeness (QED) is 0.707. The third-order valence-electron chi connectivity index (χ3n) is 2.96. The van der Waals surface area contributed by atoms with Crippen LogP contribution in [0.1, 0.15) is 12.2 Å². The fourth-order valence-electron chi connectivity index (χ4n) is 2.22. The van der Waals surface area contributed by atoms with Gasteiger partial charge in [-0.15, -0.1) is 0 Å². The number of rotatable bonds is 0. The molecule has 0 saturated carbocycles. The molecule has 1 aliphatic heterocycles. The van der Waals surface area contributed by atoms with Crippen molar-refractivity contribution in [1.29, 1.82) is 0 Å². The lowest BCUT2D eigenvalue weighted by atomic mass is 10.1. The van der Waals surface area contributed by atoms with Crippen LogP contribution in [0.4, 0.5) is 4.39 Å². The van der Waals surface area contributed by atoms with Crippen LogP contribution in [0.5, 0.6) is 0 Å². The molecule has 0 aliphatic carbocycles. The van der Waals surface area contributed by atoms with Gasteiger partial charge in [0.05, 0.1) is 5.52 Å². The number of aryl methyl sites for hydroxylation is 1. The molecule has 1 aliphatic rings. The van der Waals surface area contributed by atoms with E-state index >= 15 is 0 Å². The van der Waals surface area contributed by atoms with E-state index in [4.69, 9.17) is 5.73 Å². The Labute approximate surface area is 86.7 Å². The van der Waals surface area contributed by atoms with E-state index in [0.717, 1.165) is 30.7 Å². The van der Waals surface area contributed by atoms with Crippen LogP contribution < -0.4 is 5.73 Å². The molecule has 0 spiro atoms. The van der Waals surface area contributed by atoms with Gasteiger partial charge < -0.3 is 10.3 Å². The molecule has 0 radical (unpaired) electrons. The molecule has 3 rings (SSSR count). The Balaban J connectivity index is 2.29. The molecule has 0 bridgehead atoms. The predicted molar refractivity (Wildman–Crippen MR) is 56.0 cm³/mol. The third-order valence-corrected chi connectivity index (χ3v) is 2.96.